The largest absolute Gasteiger partial charge is 0.396 e. The van der Waals surface area contributed by atoms with Gasteiger partial charge in [0.05, 0.1) is 0 Å². The Hall–Kier alpha value is -1.12. The first-order chi connectivity index (χ1) is 9.87. The number of sulfonamides is 1. The molecule has 0 aliphatic carbocycles. The van der Waals surface area contributed by atoms with Crippen LogP contribution in [0.1, 0.15) is 25.7 Å². The van der Waals surface area contributed by atoms with Gasteiger partial charge in [-0.25, -0.2) is 21.6 Å². The molecule has 1 saturated heterocycles. The normalized spacial score (nSPS) is 20.1. The third-order valence-corrected chi connectivity index (χ3v) is 5.55. The van der Waals surface area contributed by atoms with Gasteiger partial charge in [0.2, 0.25) is 10.0 Å². The Bertz CT molecular complexity index is 598. The van der Waals surface area contributed by atoms with Gasteiger partial charge in [-0.2, -0.15) is 4.31 Å². The van der Waals surface area contributed by atoms with Crippen molar-refractivity contribution >= 4 is 10.0 Å². The second kappa shape index (κ2) is 6.33. The molecule has 0 radical (unpaired) electrons. The van der Waals surface area contributed by atoms with Gasteiger partial charge in [0, 0.05) is 31.3 Å². The van der Waals surface area contributed by atoms with Crippen LogP contribution >= 0.6 is 0 Å². The maximum atomic E-state index is 13.7. The zero-order valence-electron chi connectivity index (χ0n) is 11.2. The molecule has 1 heterocycles. The maximum Gasteiger partial charge on any atom is 0.249 e. The van der Waals surface area contributed by atoms with Crippen LogP contribution in [0, 0.1) is 17.5 Å². The van der Waals surface area contributed by atoms with Crippen molar-refractivity contribution in [2.24, 2.45) is 0 Å². The zero-order valence-corrected chi connectivity index (χ0v) is 12.0. The lowest BCUT2D eigenvalue weighted by Crippen LogP contribution is -2.36. The highest BCUT2D eigenvalue weighted by molar-refractivity contribution is 7.89. The van der Waals surface area contributed by atoms with E-state index in [9.17, 15) is 21.6 Å². The van der Waals surface area contributed by atoms with Gasteiger partial charge in [-0.1, -0.05) is 0 Å². The van der Waals surface area contributed by atoms with Crippen LogP contribution < -0.4 is 0 Å². The molecule has 0 saturated carbocycles. The van der Waals surface area contributed by atoms with Crippen LogP contribution in [0.2, 0.25) is 0 Å². The predicted molar refractivity (Wildman–Crippen MR) is 69.5 cm³/mol. The van der Waals surface area contributed by atoms with Crippen molar-refractivity contribution in [3.63, 3.8) is 0 Å². The second-order valence-corrected chi connectivity index (χ2v) is 6.80. The first-order valence-corrected chi connectivity index (χ1v) is 8.09. The molecule has 2 rings (SSSR count). The van der Waals surface area contributed by atoms with E-state index in [0.29, 0.717) is 37.8 Å². The van der Waals surface area contributed by atoms with E-state index in [-0.39, 0.29) is 13.2 Å². The summed E-state index contributed by atoms with van der Waals surface area (Å²) in [6.45, 7) is 0.0817. The van der Waals surface area contributed by atoms with Crippen molar-refractivity contribution < 1.29 is 26.7 Å². The molecule has 21 heavy (non-hydrogen) atoms. The molecule has 0 bridgehead atoms. The van der Waals surface area contributed by atoms with Crippen molar-refractivity contribution in [1.29, 1.82) is 0 Å². The molecule has 1 aromatic carbocycles. The summed E-state index contributed by atoms with van der Waals surface area (Å²) < 4.78 is 66.2. The number of halogens is 3. The quantitative estimate of drug-likeness (QED) is 0.902. The van der Waals surface area contributed by atoms with Crippen molar-refractivity contribution in [3.05, 3.63) is 29.6 Å². The van der Waals surface area contributed by atoms with Crippen LogP contribution in [0.5, 0.6) is 0 Å². The molecule has 0 aromatic heterocycles. The lowest BCUT2D eigenvalue weighted by Gasteiger charge is -2.24. The SMILES string of the molecule is O=S(=O)(c1c(F)cc(F)cc1F)N1CCCC1CCCO. The molecular formula is C13H16F3NO3S. The highest BCUT2D eigenvalue weighted by Gasteiger charge is 2.38. The Kier molecular flexibility index (Phi) is 4.90. The molecular weight excluding hydrogens is 307 g/mol. The van der Waals surface area contributed by atoms with Gasteiger partial charge in [0.15, 0.2) is 4.90 Å². The van der Waals surface area contributed by atoms with E-state index in [1.165, 1.54) is 0 Å². The molecule has 1 aromatic rings. The summed E-state index contributed by atoms with van der Waals surface area (Å²) in [5, 5.41) is 8.82. The fourth-order valence-corrected chi connectivity index (χ4v) is 4.45. The van der Waals surface area contributed by atoms with Gasteiger partial charge in [0.25, 0.3) is 0 Å². The number of aliphatic hydroxyl groups excluding tert-OH is 1. The summed E-state index contributed by atoms with van der Waals surface area (Å²) >= 11 is 0. The van der Waals surface area contributed by atoms with Crippen LogP contribution in [0.25, 0.3) is 0 Å². The summed E-state index contributed by atoms with van der Waals surface area (Å²) in [5.41, 5.74) is 0. The van der Waals surface area contributed by atoms with Crippen LogP contribution in [0.15, 0.2) is 17.0 Å². The van der Waals surface area contributed by atoms with Gasteiger partial charge >= 0.3 is 0 Å². The fraction of sp³-hybridized carbons (Fsp3) is 0.538. The highest BCUT2D eigenvalue weighted by Crippen LogP contribution is 2.31. The Balaban J connectivity index is 2.38. The molecule has 8 heteroatoms. The van der Waals surface area contributed by atoms with Crippen LogP contribution in [-0.4, -0.2) is 37.0 Å². The molecule has 118 valence electrons. The Morgan fingerprint density at radius 3 is 2.43 bits per heavy atom. The molecule has 1 aliphatic rings. The van der Waals surface area contributed by atoms with Crippen LogP contribution in [-0.2, 0) is 10.0 Å². The number of nitrogens with zero attached hydrogens (tertiary/aromatic N) is 1. The summed E-state index contributed by atoms with van der Waals surface area (Å²) in [6, 6.07) is 0.315. The van der Waals surface area contributed by atoms with Crippen molar-refractivity contribution in [1.82, 2.24) is 4.31 Å². The number of hydrogen-bond donors (Lipinski definition) is 1. The van der Waals surface area contributed by atoms with E-state index in [2.05, 4.69) is 0 Å². The monoisotopic (exact) mass is 323 g/mol. The minimum atomic E-state index is -4.36. The van der Waals surface area contributed by atoms with Gasteiger partial charge in [0.1, 0.15) is 17.5 Å². The number of aliphatic hydroxyl groups is 1. The molecule has 1 aliphatic heterocycles. The minimum Gasteiger partial charge on any atom is -0.396 e. The standard InChI is InChI=1S/C13H16F3NO3S/c14-9-7-11(15)13(12(16)8-9)21(19,20)17-5-1-3-10(17)4-2-6-18/h7-8,10,18H,1-6H2. The molecule has 0 amide bonds. The van der Waals surface area contributed by atoms with Crippen molar-refractivity contribution in [2.45, 2.75) is 36.6 Å². The van der Waals surface area contributed by atoms with E-state index in [1.807, 2.05) is 0 Å². The Morgan fingerprint density at radius 1 is 1.24 bits per heavy atom. The van der Waals surface area contributed by atoms with Crippen molar-refractivity contribution in [2.75, 3.05) is 13.2 Å². The molecule has 1 unspecified atom stereocenters. The summed E-state index contributed by atoms with van der Waals surface area (Å²) in [5.74, 6) is -4.03. The molecule has 1 atom stereocenters. The lowest BCUT2D eigenvalue weighted by atomic mass is 10.1. The van der Waals surface area contributed by atoms with E-state index in [0.717, 1.165) is 4.31 Å². The molecule has 1 fully saturated rings. The first kappa shape index (κ1) is 16.3. The average molecular weight is 323 g/mol. The second-order valence-electron chi connectivity index (χ2n) is 4.98. The van der Waals surface area contributed by atoms with E-state index >= 15 is 0 Å². The van der Waals surface area contributed by atoms with E-state index in [1.54, 1.807) is 0 Å². The topological polar surface area (TPSA) is 57.6 Å². The molecule has 1 N–H and O–H groups in total. The highest BCUT2D eigenvalue weighted by atomic mass is 32.2. The van der Waals surface area contributed by atoms with E-state index in [4.69, 9.17) is 5.11 Å². The third kappa shape index (κ3) is 3.22. The number of hydrogen-bond acceptors (Lipinski definition) is 3. The van der Waals surface area contributed by atoms with Crippen molar-refractivity contribution in [3.8, 4) is 0 Å². The van der Waals surface area contributed by atoms with Crippen LogP contribution in [0.4, 0.5) is 13.2 Å². The predicted octanol–water partition coefficient (Wildman–Crippen LogP) is 2.03. The zero-order chi connectivity index (χ0) is 15.6. The minimum absolute atomic E-state index is 0.0797. The third-order valence-electron chi connectivity index (χ3n) is 3.55. The van der Waals surface area contributed by atoms with E-state index < -0.39 is 38.4 Å². The molecule has 4 nitrogen and oxygen atoms in total. The number of rotatable bonds is 5. The summed E-state index contributed by atoms with van der Waals surface area (Å²) in [4.78, 5) is -1.11. The average Bonchev–Trinajstić information content (AvgIpc) is 2.83. The van der Waals surface area contributed by atoms with Gasteiger partial charge in [-0.15, -0.1) is 0 Å². The fourth-order valence-electron chi connectivity index (χ4n) is 2.63. The van der Waals surface area contributed by atoms with Gasteiger partial charge in [-0.3, -0.25) is 0 Å². The summed E-state index contributed by atoms with van der Waals surface area (Å²) in [6.07, 6.45) is 1.98. The first-order valence-electron chi connectivity index (χ1n) is 6.65. The van der Waals surface area contributed by atoms with Crippen LogP contribution in [0.3, 0.4) is 0 Å². The molecule has 0 spiro atoms. The summed E-state index contributed by atoms with van der Waals surface area (Å²) in [7, 11) is -4.36. The number of benzene rings is 1. The lowest BCUT2D eigenvalue weighted by molar-refractivity contribution is 0.263. The maximum absolute atomic E-state index is 13.7. The van der Waals surface area contributed by atoms with Gasteiger partial charge < -0.3 is 5.11 Å². The smallest absolute Gasteiger partial charge is 0.249 e. The van der Waals surface area contributed by atoms with Gasteiger partial charge in [-0.05, 0) is 25.7 Å². The Labute approximate surface area is 121 Å². The Morgan fingerprint density at radius 2 is 1.86 bits per heavy atom.